The Bertz CT molecular complexity index is 1000. The van der Waals surface area contributed by atoms with Gasteiger partial charge in [-0.2, -0.15) is 0 Å². The number of hydrogen-bond donors (Lipinski definition) is 2. The summed E-state index contributed by atoms with van der Waals surface area (Å²) in [4.78, 5) is 16.3. The van der Waals surface area contributed by atoms with E-state index in [1.807, 2.05) is 12.1 Å². The van der Waals surface area contributed by atoms with Crippen LogP contribution >= 0.6 is 23.6 Å². The summed E-state index contributed by atoms with van der Waals surface area (Å²) in [7, 11) is 0. The van der Waals surface area contributed by atoms with Crippen LogP contribution in [0.2, 0.25) is 0 Å². The molecule has 26 heavy (non-hydrogen) atoms. The normalized spacial score (nSPS) is 14.5. The van der Waals surface area contributed by atoms with E-state index < -0.39 is 5.97 Å². The molecule has 5 nitrogen and oxygen atoms in total. The van der Waals surface area contributed by atoms with E-state index in [2.05, 4.69) is 18.0 Å². The molecule has 0 saturated heterocycles. The highest BCUT2D eigenvalue weighted by Gasteiger charge is 2.18. The first kappa shape index (κ1) is 18.8. The maximum atomic E-state index is 11.1. The van der Waals surface area contributed by atoms with Crippen molar-refractivity contribution in [1.82, 2.24) is 4.57 Å². The monoisotopic (exact) mass is 390 g/mol. The lowest BCUT2D eigenvalue weighted by Gasteiger charge is -2.10. The van der Waals surface area contributed by atoms with E-state index in [0.29, 0.717) is 8.83 Å². The number of fused-ring (bicyclic) bond motifs is 1. The molecule has 0 fully saturated rings. The number of rotatable bonds is 6. The van der Waals surface area contributed by atoms with Crippen LogP contribution in [0.5, 0.6) is 5.88 Å². The zero-order chi connectivity index (χ0) is 18.7. The van der Waals surface area contributed by atoms with Gasteiger partial charge in [0.25, 0.3) is 0 Å². The van der Waals surface area contributed by atoms with E-state index in [1.165, 1.54) is 21.5 Å². The van der Waals surface area contributed by atoms with E-state index in [4.69, 9.17) is 17.3 Å². The average molecular weight is 391 g/mol. The maximum absolute atomic E-state index is 11.1. The van der Waals surface area contributed by atoms with E-state index >= 15 is 0 Å². The number of carbonyl (C=O) groups is 1. The van der Waals surface area contributed by atoms with Crippen molar-refractivity contribution in [1.29, 1.82) is 0 Å². The molecule has 7 heteroatoms. The van der Waals surface area contributed by atoms with Gasteiger partial charge in [-0.25, -0.2) is 0 Å². The van der Waals surface area contributed by atoms with E-state index in [-0.39, 0.29) is 12.4 Å². The molecule has 1 aliphatic heterocycles. The molecule has 0 unspecified atom stereocenters. The molecule has 3 rings (SSSR count). The third-order valence-electron chi connectivity index (χ3n) is 4.53. The van der Waals surface area contributed by atoms with Crippen molar-refractivity contribution >= 4 is 35.1 Å². The van der Waals surface area contributed by atoms with Gasteiger partial charge in [-0.3, -0.25) is 14.4 Å². The number of benzene rings is 1. The summed E-state index contributed by atoms with van der Waals surface area (Å²) in [5.41, 5.74) is 2.26. The summed E-state index contributed by atoms with van der Waals surface area (Å²) in [6.45, 7) is 2.67. The fourth-order valence-electron chi connectivity index (χ4n) is 3.21. The van der Waals surface area contributed by atoms with E-state index in [1.54, 1.807) is 0 Å². The van der Waals surface area contributed by atoms with Crippen molar-refractivity contribution in [2.75, 3.05) is 6.54 Å². The molecule has 2 heterocycles. The molecular weight excluding hydrogens is 368 g/mol. The van der Waals surface area contributed by atoms with Crippen LogP contribution < -0.4 is 10.6 Å². The molecule has 138 valence electrons. The minimum Gasteiger partial charge on any atom is -0.493 e. The first-order valence-corrected chi connectivity index (χ1v) is 10.0. The number of nitrogens with zero attached hydrogens (tertiary/aromatic N) is 2. The van der Waals surface area contributed by atoms with Crippen LogP contribution in [0.3, 0.4) is 0 Å². The van der Waals surface area contributed by atoms with Crippen molar-refractivity contribution in [2.45, 2.75) is 45.6 Å². The number of aromatic hydroxyl groups is 1. The molecular formula is C19H22N2O3S2. The molecule has 2 N–H and O–H groups in total. The number of unbranched alkanes of at least 4 members (excludes halogenated alkanes) is 1. The van der Waals surface area contributed by atoms with Crippen LogP contribution in [-0.4, -0.2) is 27.3 Å². The number of aromatic nitrogens is 1. The Balaban J connectivity index is 2.19. The minimum atomic E-state index is -1.02. The first-order chi connectivity index (χ1) is 12.5. The molecule has 0 spiro atoms. The Labute approximate surface area is 161 Å². The molecule has 1 aromatic carbocycles. The predicted molar refractivity (Wildman–Crippen MR) is 105 cm³/mol. The summed E-state index contributed by atoms with van der Waals surface area (Å²) in [5, 5.41) is 21.8. The zero-order valence-electron chi connectivity index (χ0n) is 14.7. The molecule has 0 saturated carbocycles. The van der Waals surface area contributed by atoms with Crippen molar-refractivity contribution < 1.29 is 15.0 Å². The lowest BCUT2D eigenvalue weighted by Crippen LogP contribution is -2.21. The number of carboxylic acid groups (broad SMARTS) is 1. The van der Waals surface area contributed by atoms with Crippen LogP contribution in [0.1, 0.15) is 43.0 Å². The summed E-state index contributed by atoms with van der Waals surface area (Å²) in [6, 6.07) is 6.25. The Morgan fingerprint density at radius 2 is 2.23 bits per heavy atom. The van der Waals surface area contributed by atoms with Gasteiger partial charge < -0.3 is 10.2 Å². The molecule has 0 bridgehead atoms. The van der Waals surface area contributed by atoms with Crippen LogP contribution in [-0.2, 0) is 17.8 Å². The number of thiazole rings is 1. The van der Waals surface area contributed by atoms with Gasteiger partial charge in [0.1, 0.15) is 6.54 Å². The van der Waals surface area contributed by atoms with Crippen molar-refractivity contribution in [3.8, 4) is 5.88 Å². The molecule has 1 aromatic heterocycles. The lowest BCUT2D eigenvalue weighted by atomic mass is 10.00. The molecule has 0 amide bonds. The Hall–Kier alpha value is -1.99. The summed E-state index contributed by atoms with van der Waals surface area (Å²) in [5.74, 6) is -1.07. The smallest absolute Gasteiger partial charge is 0.323 e. The minimum absolute atomic E-state index is 0.0455. The fourth-order valence-corrected chi connectivity index (χ4v) is 4.59. The quantitative estimate of drug-likeness (QED) is 0.744. The second-order valence-electron chi connectivity index (χ2n) is 6.41. The molecule has 0 aliphatic carbocycles. The van der Waals surface area contributed by atoms with Crippen LogP contribution in [0.15, 0.2) is 23.2 Å². The standard InChI is InChI=1S/C19H22N2O3S2/c1-2-3-6-14(12-7-8-15-13(10-12)5-4-9-20-15)17-18(24)21(11-16(22)23)19(25)26-17/h7-8,10,24H,2-6,9,11H2,1H3,(H,22,23). The Morgan fingerprint density at radius 1 is 1.42 bits per heavy atom. The van der Waals surface area contributed by atoms with Gasteiger partial charge in [0.05, 0.1) is 10.2 Å². The number of aliphatic carboxylic acids is 1. The SMILES string of the molecule is CCCCC(c1sc(=S)n(CC(=O)O)c1O)=c1ccc2c(c1)CCCN=2. The van der Waals surface area contributed by atoms with Crippen molar-refractivity contribution in [3.63, 3.8) is 0 Å². The Morgan fingerprint density at radius 3 is 2.96 bits per heavy atom. The number of aryl methyl sites for hydroxylation is 1. The molecule has 1 aliphatic rings. The highest BCUT2D eigenvalue weighted by molar-refractivity contribution is 7.73. The van der Waals surface area contributed by atoms with Gasteiger partial charge in [0, 0.05) is 6.54 Å². The van der Waals surface area contributed by atoms with Gasteiger partial charge in [-0.05, 0) is 66.4 Å². The van der Waals surface area contributed by atoms with Gasteiger partial charge in [-0.1, -0.05) is 19.4 Å². The molecule has 2 aromatic rings. The number of carboxylic acids is 1. The van der Waals surface area contributed by atoms with Gasteiger partial charge in [0.15, 0.2) is 3.95 Å². The third-order valence-corrected chi connectivity index (χ3v) is 6.03. The largest absolute Gasteiger partial charge is 0.493 e. The third kappa shape index (κ3) is 3.88. The zero-order valence-corrected chi connectivity index (χ0v) is 16.3. The van der Waals surface area contributed by atoms with E-state index in [0.717, 1.165) is 54.8 Å². The first-order valence-electron chi connectivity index (χ1n) is 8.82. The second kappa shape index (κ2) is 8.14. The van der Waals surface area contributed by atoms with Gasteiger partial charge in [0.2, 0.25) is 5.88 Å². The fraction of sp³-hybridized carbons (Fsp3) is 0.421. The topological polar surface area (TPSA) is 74.8 Å². The maximum Gasteiger partial charge on any atom is 0.323 e. The van der Waals surface area contributed by atoms with Crippen LogP contribution in [0.4, 0.5) is 0 Å². The molecule has 0 atom stereocenters. The lowest BCUT2D eigenvalue weighted by molar-refractivity contribution is -0.137. The molecule has 0 radical (unpaired) electrons. The van der Waals surface area contributed by atoms with Gasteiger partial charge in [-0.15, -0.1) is 11.3 Å². The number of hydrogen-bond acceptors (Lipinski definition) is 5. The van der Waals surface area contributed by atoms with Gasteiger partial charge >= 0.3 is 5.97 Å². The van der Waals surface area contributed by atoms with Crippen LogP contribution in [0.25, 0.3) is 5.57 Å². The van der Waals surface area contributed by atoms with E-state index in [9.17, 15) is 9.90 Å². The summed E-state index contributed by atoms with van der Waals surface area (Å²) < 4.78 is 1.67. The Kier molecular flexibility index (Phi) is 5.88. The second-order valence-corrected chi connectivity index (χ2v) is 8.06. The highest BCUT2D eigenvalue weighted by Crippen LogP contribution is 2.33. The highest BCUT2D eigenvalue weighted by atomic mass is 32.1. The van der Waals surface area contributed by atoms with Crippen LogP contribution in [0, 0.1) is 3.95 Å². The van der Waals surface area contributed by atoms with Crippen molar-refractivity contribution in [3.05, 3.63) is 43.2 Å². The summed E-state index contributed by atoms with van der Waals surface area (Å²) in [6.07, 6.45) is 4.89. The average Bonchev–Trinajstić information content (AvgIpc) is 2.90. The van der Waals surface area contributed by atoms with Crippen molar-refractivity contribution in [2.24, 2.45) is 4.99 Å². The summed E-state index contributed by atoms with van der Waals surface area (Å²) >= 11 is 6.57. The predicted octanol–water partition coefficient (Wildman–Crippen LogP) is 3.02.